The molecule has 1 rings (SSSR count). The van der Waals surface area contributed by atoms with Crippen molar-refractivity contribution in [2.45, 2.75) is 38.6 Å². The number of aliphatic hydroxyl groups excluding tert-OH is 2. The van der Waals surface area contributed by atoms with Gasteiger partial charge in [-0.25, -0.2) is 0 Å². The Labute approximate surface area is 106 Å². The molecule has 0 aliphatic carbocycles. The summed E-state index contributed by atoms with van der Waals surface area (Å²) in [5.74, 6) is 0.0339. The fraction of sp³-hybridized carbons (Fsp3) is 0.462. The molecule has 2 unspecified atom stereocenters. The molecule has 0 heterocycles. The molecule has 0 aliphatic rings. The van der Waals surface area contributed by atoms with Gasteiger partial charge in [-0.15, -0.1) is 0 Å². The number of aliphatic hydroxyl groups is 2. The minimum atomic E-state index is -1.20. The molecule has 18 heavy (non-hydrogen) atoms. The average molecular weight is 253 g/mol. The Kier molecular flexibility index (Phi) is 5.12. The quantitative estimate of drug-likeness (QED) is 0.697. The number of nitrogens with two attached hydrogens (primary N) is 1. The van der Waals surface area contributed by atoms with Crippen molar-refractivity contribution in [3.8, 4) is 5.75 Å². The zero-order valence-electron chi connectivity index (χ0n) is 10.5. The Morgan fingerprint density at radius 2 is 1.83 bits per heavy atom. The van der Waals surface area contributed by atoms with Crippen molar-refractivity contribution in [3.05, 3.63) is 29.8 Å². The van der Waals surface area contributed by atoms with Crippen LogP contribution in [0.3, 0.4) is 0 Å². The molecule has 0 saturated carbocycles. The van der Waals surface area contributed by atoms with Crippen LogP contribution in [0.5, 0.6) is 5.75 Å². The molecule has 4 N–H and O–H groups in total. The highest BCUT2D eigenvalue weighted by Crippen LogP contribution is 2.22. The van der Waals surface area contributed by atoms with Gasteiger partial charge in [-0.05, 0) is 31.5 Å². The monoisotopic (exact) mass is 253 g/mol. The summed E-state index contributed by atoms with van der Waals surface area (Å²) in [6.45, 7) is 3.83. The Balaban J connectivity index is 2.69. The maximum atomic E-state index is 10.7. The van der Waals surface area contributed by atoms with Gasteiger partial charge in [0.05, 0.1) is 18.6 Å². The summed E-state index contributed by atoms with van der Waals surface area (Å²) in [7, 11) is 0. The number of amides is 1. The zero-order chi connectivity index (χ0) is 13.7. The van der Waals surface area contributed by atoms with E-state index in [-0.39, 0.29) is 12.5 Å². The van der Waals surface area contributed by atoms with Crippen molar-refractivity contribution >= 4 is 5.91 Å². The summed E-state index contributed by atoms with van der Waals surface area (Å²) < 4.78 is 5.46. The van der Waals surface area contributed by atoms with Crippen molar-refractivity contribution in [3.63, 3.8) is 0 Å². The lowest BCUT2D eigenvalue weighted by atomic mass is 10.0. The van der Waals surface area contributed by atoms with E-state index in [1.807, 2.05) is 13.8 Å². The van der Waals surface area contributed by atoms with Crippen LogP contribution >= 0.6 is 0 Å². The van der Waals surface area contributed by atoms with Crippen LogP contribution in [-0.4, -0.2) is 28.3 Å². The van der Waals surface area contributed by atoms with Gasteiger partial charge in [-0.3, -0.25) is 4.79 Å². The molecule has 0 fully saturated rings. The second-order valence-corrected chi connectivity index (χ2v) is 4.42. The smallest absolute Gasteiger partial charge is 0.220 e. The van der Waals surface area contributed by atoms with E-state index in [1.54, 1.807) is 24.3 Å². The Morgan fingerprint density at radius 1 is 1.28 bits per heavy atom. The van der Waals surface area contributed by atoms with E-state index < -0.39 is 18.1 Å². The van der Waals surface area contributed by atoms with Gasteiger partial charge in [0.2, 0.25) is 5.91 Å². The first-order valence-electron chi connectivity index (χ1n) is 5.81. The molecule has 0 saturated heterocycles. The van der Waals surface area contributed by atoms with E-state index in [9.17, 15) is 15.0 Å². The normalized spacial score (nSPS) is 14.3. The molecule has 2 atom stereocenters. The maximum Gasteiger partial charge on any atom is 0.220 e. The SMILES string of the molecule is CC(C)Oc1ccc(C(O)C(O)CC(N)=O)cc1. The minimum Gasteiger partial charge on any atom is -0.491 e. The minimum absolute atomic E-state index is 0.0706. The van der Waals surface area contributed by atoms with Gasteiger partial charge in [-0.1, -0.05) is 12.1 Å². The highest BCUT2D eigenvalue weighted by atomic mass is 16.5. The molecule has 0 spiro atoms. The van der Waals surface area contributed by atoms with Gasteiger partial charge in [0.1, 0.15) is 11.9 Å². The van der Waals surface area contributed by atoms with Crippen LogP contribution in [0.1, 0.15) is 31.9 Å². The van der Waals surface area contributed by atoms with E-state index in [0.29, 0.717) is 11.3 Å². The standard InChI is InChI=1S/C13H19NO4/c1-8(2)18-10-5-3-9(4-6-10)13(17)11(15)7-12(14)16/h3-6,8,11,13,15,17H,7H2,1-2H3,(H2,14,16). The first kappa shape index (κ1) is 14.5. The number of ether oxygens (including phenoxy) is 1. The predicted octanol–water partition coefficient (Wildman–Crippen LogP) is 0.743. The third kappa shape index (κ3) is 4.35. The van der Waals surface area contributed by atoms with E-state index in [0.717, 1.165) is 0 Å². The lowest BCUT2D eigenvalue weighted by Crippen LogP contribution is -2.25. The van der Waals surface area contributed by atoms with Crippen LogP contribution in [-0.2, 0) is 4.79 Å². The number of carbonyl (C=O) groups excluding carboxylic acids is 1. The molecular weight excluding hydrogens is 234 g/mol. The molecule has 100 valence electrons. The largest absolute Gasteiger partial charge is 0.491 e. The van der Waals surface area contributed by atoms with Crippen LogP contribution in [0, 0.1) is 0 Å². The van der Waals surface area contributed by atoms with Crippen LogP contribution in [0.25, 0.3) is 0 Å². The average Bonchev–Trinajstić information content (AvgIpc) is 2.27. The highest BCUT2D eigenvalue weighted by Gasteiger charge is 2.20. The number of benzene rings is 1. The van der Waals surface area contributed by atoms with Crippen molar-refractivity contribution in [1.82, 2.24) is 0 Å². The van der Waals surface area contributed by atoms with Gasteiger partial charge in [0.25, 0.3) is 0 Å². The first-order chi connectivity index (χ1) is 8.40. The van der Waals surface area contributed by atoms with E-state index >= 15 is 0 Å². The molecule has 0 aliphatic heterocycles. The first-order valence-corrected chi connectivity index (χ1v) is 5.81. The molecule has 0 bridgehead atoms. The molecule has 0 aromatic heterocycles. The van der Waals surface area contributed by atoms with Crippen molar-refractivity contribution in [1.29, 1.82) is 0 Å². The highest BCUT2D eigenvalue weighted by molar-refractivity contribution is 5.74. The number of hydrogen-bond donors (Lipinski definition) is 3. The molecule has 1 aromatic rings. The third-order valence-corrected chi connectivity index (χ3v) is 2.37. The van der Waals surface area contributed by atoms with Gasteiger partial charge in [-0.2, -0.15) is 0 Å². The predicted molar refractivity (Wildman–Crippen MR) is 67.0 cm³/mol. The van der Waals surface area contributed by atoms with Crippen LogP contribution in [0.2, 0.25) is 0 Å². The van der Waals surface area contributed by atoms with Gasteiger partial charge in [0.15, 0.2) is 0 Å². The van der Waals surface area contributed by atoms with E-state index in [4.69, 9.17) is 10.5 Å². The van der Waals surface area contributed by atoms with Crippen LogP contribution in [0.4, 0.5) is 0 Å². The van der Waals surface area contributed by atoms with Crippen molar-refractivity contribution in [2.75, 3.05) is 0 Å². The van der Waals surface area contributed by atoms with Crippen LogP contribution < -0.4 is 10.5 Å². The maximum absolute atomic E-state index is 10.7. The Hall–Kier alpha value is -1.59. The summed E-state index contributed by atoms with van der Waals surface area (Å²) in [4.78, 5) is 10.7. The summed E-state index contributed by atoms with van der Waals surface area (Å²) in [5.41, 5.74) is 5.47. The van der Waals surface area contributed by atoms with Gasteiger partial charge in [0, 0.05) is 0 Å². The second-order valence-electron chi connectivity index (χ2n) is 4.42. The number of hydrogen-bond acceptors (Lipinski definition) is 4. The molecule has 1 aromatic carbocycles. The summed E-state index contributed by atoms with van der Waals surface area (Å²) >= 11 is 0. The van der Waals surface area contributed by atoms with Gasteiger partial charge < -0.3 is 20.7 Å². The van der Waals surface area contributed by atoms with Crippen molar-refractivity contribution in [2.24, 2.45) is 5.73 Å². The number of carbonyl (C=O) groups is 1. The fourth-order valence-corrected chi connectivity index (χ4v) is 1.56. The third-order valence-electron chi connectivity index (χ3n) is 2.37. The summed E-state index contributed by atoms with van der Waals surface area (Å²) in [6.07, 6.45) is -2.53. The Morgan fingerprint density at radius 3 is 2.28 bits per heavy atom. The van der Waals surface area contributed by atoms with Crippen LogP contribution in [0.15, 0.2) is 24.3 Å². The summed E-state index contributed by atoms with van der Waals surface area (Å²) in [6, 6.07) is 6.70. The zero-order valence-corrected chi connectivity index (χ0v) is 10.5. The van der Waals surface area contributed by atoms with Gasteiger partial charge >= 0.3 is 0 Å². The lowest BCUT2D eigenvalue weighted by Gasteiger charge is -2.17. The summed E-state index contributed by atoms with van der Waals surface area (Å²) in [5, 5.41) is 19.4. The number of primary amides is 1. The fourth-order valence-electron chi connectivity index (χ4n) is 1.56. The van der Waals surface area contributed by atoms with E-state index in [1.165, 1.54) is 0 Å². The molecular formula is C13H19NO4. The second kappa shape index (κ2) is 6.37. The Bertz CT molecular complexity index is 388. The topological polar surface area (TPSA) is 92.8 Å². The molecule has 1 amide bonds. The van der Waals surface area contributed by atoms with Crippen molar-refractivity contribution < 1.29 is 19.7 Å². The number of rotatable bonds is 6. The molecule has 5 heteroatoms. The molecule has 0 radical (unpaired) electrons. The lowest BCUT2D eigenvalue weighted by molar-refractivity contribution is -0.121. The molecule has 5 nitrogen and oxygen atoms in total. The van der Waals surface area contributed by atoms with E-state index in [2.05, 4.69) is 0 Å².